The number of pyridine rings is 1. The highest BCUT2D eigenvalue weighted by Crippen LogP contribution is 2.56. The van der Waals surface area contributed by atoms with Crippen LogP contribution in [0.5, 0.6) is 0 Å². The molecule has 1 aliphatic heterocycles. The smallest absolute Gasteiger partial charge is 0.319 e. The maximum atomic E-state index is 13.0. The summed E-state index contributed by atoms with van der Waals surface area (Å²) in [4.78, 5) is 40.8. The first kappa shape index (κ1) is 25.3. The number of nitrogens with one attached hydrogen (secondary N) is 3. The normalized spacial score (nSPS) is 29.6. The van der Waals surface area contributed by atoms with Gasteiger partial charge in [-0.3, -0.25) is 4.79 Å². The van der Waals surface area contributed by atoms with Gasteiger partial charge in [0.2, 0.25) is 0 Å². The fourth-order valence-electron chi connectivity index (χ4n) is 7.88. The monoisotopic (exact) mass is 548 g/mol. The van der Waals surface area contributed by atoms with Crippen LogP contribution < -0.4 is 10.6 Å². The van der Waals surface area contributed by atoms with E-state index in [1.54, 1.807) is 30.1 Å². The Morgan fingerprint density at radius 3 is 2.62 bits per heavy atom. The molecule has 4 aliphatic carbocycles. The number of rotatable bonds is 5. The van der Waals surface area contributed by atoms with Gasteiger partial charge in [0.05, 0.1) is 16.9 Å². The van der Waals surface area contributed by atoms with Crippen molar-refractivity contribution >= 4 is 28.7 Å². The summed E-state index contributed by atoms with van der Waals surface area (Å²) < 4.78 is 5.61. The number of fused-ring (bicyclic) bond motifs is 1. The minimum Gasteiger partial charge on any atom is -0.390 e. The highest BCUT2D eigenvalue weighted by atomic mass is 16.5. The third-order valence-corrected chi connectivity index (χ3v) is 9.48. The van der Waals surface area contributed by atoms with E-state index in [9.17, 15) is 14.7 Å². The predicted octanol–water partition coefficient (Wildman–Crippen LogP) is 2.84. The number of carbonyl (C=O) groups excluding carboxylic acids is 2. The molecule has 0 spiro atoms. The van der Waals surface area contributed by atoms with Gasteiger partial charge in [-0.1, -0.05) is 5.16 Å². The number of hydrogen-bond acceptors (Lipinski definition) is 8. The van der Waals surface area contributed by atoms with E-state index in [4.69, 9.17) is 4.52 Å². The molecule has 12 nitrogen and oxygen atoms in total. The SMILES string of the molecule is CN(C)C(=O)N1CCC(NC(=O)c2noc(-c3cnc4[nH]ccc4c3NC3[C@@H]4CC5C[C@H]3CC(O)(C5)C4)n2)CC1. The number of hydrogen-bond donors (Lipinski definition) is 4. The number of aliphatic hydroxyl groups is 1. The van der Waals surface area contributed by atoms with Gasteiger partial charge in [-0.2, -0.15) is 4.98 Å². The Labute approximate surface area is 231 Å². The molecule has 3 aromatic heterocycles. The molecule has 4 heterocycles. The van der Waals surface area contributed by atoms with E-state index in [-0.39, 0.29) is 29.8 Å². The van der Waals surface area contributed by atoms with E-state index in [1.807, 2.05) is 12.3 Å². The largest absolute Gasteiger partial charge is 0.390 e. The third-order valence-electron chi connectivity index (χ3n) is 9.48. The molecule has 12 heteroatoms. The van der Waals surface area contributed by atoms with Gasteiger partial charge in [0, 0.05) is 57.0 Å². The van der Waals surface area contributed by atoms with E-state index in [2.05, 4.69) is 30.7 Å². The van der Waals surface area contributed by atoms with Crippen molar-refractivity contribution in [2.45, 2.75) is 62.6 Å². The first-order valence-electron chi connectivity index (χ1n) is 14.3. The van der Waals surface area contributed by atoms with Crippen molar-refractivity contribution in [1.29, 1.82) is 0 Å². The summed E-state index contributed by atoms with van der Waals surface area (Å²) in [5.74, 6) is 1.25. The lowest BCUT2D eigenvalue weighted by molar-refractivity contribution is -0.129. The summed E-state index contributed by atoms with van der Waals surface area (Å²) in [7, 11) is 3.48. The number of likely N-dealkylation sites (tertiary alicyclic amines) is 1. The first-order valence-corrected chi connectivity index (χ1v) is 14.3. The second-order valence-electron chi connectivity index (χ2n) is 12.5. The van der Waals surface area contributed by atoms with Crippen LogP contribution in [-0.2, 0) is 0 Å². The zero-order valence-electron chi connectivity index (χ0n) is 22.9. The van der Waals surface area contributed by atoms with E-state index in [0.717, 1.165) is 48.8 Å². The summed E-state index contributed by atoms with van der Waals surface area (Å²) in [6.45, 7) is 1.16. The molecule has 4 bridgehead atoms. The number of nitrogens with zero attached hydrogens (tertiary/aromatic N) is 5. The number of carbonyl (C=O) groups is 2. The zero-order valence-corrected chi connectivity index (χ0v) is 22.9. The fraction of sp³-hybridized carbons (Fsp3) is 0.607. The molecule has 0 radical (unpaired) electrons. The van der Waals surface area contributed by atoms with E-state index in [0.29, 0.717) is 49.2 Å². The average Bonchev–Trinajstić information content (AvgIpc) is 3.60. The summed E-state index contributed by atoms with van der Waals surface area (Å²) in [6.07, 6.45) is 9.78. The minimum absolute atomic E-state index is 0.0190. The highest BCUT2D eigenvalue weighted by molar-refractivity contribution is 5.97. The van der Waals surface area contributed by atoms with Gasteiger partial charge >= 0.3 is 6.03 Å². The summed E-state index contributed by atoms with van der Waals surface area (Å²) in [5.41, 5.74) is 1.77. The van der Waals surface area contributed by atoms with Gasteiger partial charge in [-0.25, -0.2) is 9.78 Å². The molecule has 40 heavy (non-hydrogen) atoms. The van der Waals surface area contributed by atoms with E-state index < -0.39 is 11.5 Å². The second kappa shape index (κ2) is 9.46. The number of urea groups is 1. The molecular weight excluding hydrogens is 512 g/mol. The Morgan fingerprint density at radius 2 is 1.93 bits per heavy atom. The lowest BCUT2D eigenvalue weighted by Gasteiger charge is -2.58. The van der Waals surface area contributed by atoms with Crippen molar-refractivity contribution in [3.63, 3.8) is 0 Å². The van der Waals surface area contributed by atoms with Gasteiger partial charge < -0.3 is 35.0 Å². The number of amides is 3. The average molecular weight is 549 g/mol. The van der Waals surface area contributed by atoms with Crippen molar-refractivity contribution in [1.82, 2.24) is 35.2 Å². The number of anilines is 1. The van der Waals surface area contributed by atoms with Crippen LogP contribution in [0.2, 0.25) is 0 Å². The Morgan fingerprint density at radius 1 is 1.18 bits per heavy atom. The predicted molar refractivity (Wildman–Crippen MR) is 146 cm³/mol. The Bertz CT molecular complexity index is 1420. The molecule has 3 amide bonds. The molecule has 3 unspecified atom stereocenters. The standard InChI is InChI=1S/C28H36N8O4/c1-35(2)27(38)36-7-4-18(5-8-36)31-25(37)24-33-26(40-34-24)20-14-30-23-19(3-6-29-23)22(20)32-21-16-9-15-10-17(21)13-28(39,11-15)12-16/h3,6,14-18,21,39H,4-5,7-13H2,1-2H3,(H,31,37)(H2,29,30,32)/t15?,16-,17+,21?,28?. The first-order chi connectivity index (χ1) is 19.3. The molecule has 212 valence electrons. The molecular formula is C28H36N8O4. The van der Waals surface area contributed by atoms with Gasteiger partial charge in [-0.05, 0) is 68.8 Å². The van der Waals surface area contributed by atoms with Gasteiger partial charge in [0.15, 0.2) is 0 Å². The molecule has 5 atom stereocenters. The van der Waals surface area contributed by atoms with Crippen molar-refractivity contribution in [2.75, 3.05) is 32.5 Å². The van der Waals surface area contributed by atoms with Crippen molar-refractivity contribution in [3.8, 4) is 11.5 Å². The molecule has 4 saturated carbocycles. The van der Waals surface area contributed by atoms with Crippen molar-refractivity contribution < 1.29 is 19.2 Å². The maximum absolute atomic E-state index is 13.0. The van der Waals surface area contributed by atoms with Gasteiger partial charge in [0.25, 0.3) is 17.6 Å². The highest BCUT2D eigenvalue weighted by Gasteiger charge is 2.54. The Kier molecular flexibility index (Phi) is 5.99. The maximum Gasteiger partial charge on any atom is 0.319 e. The summed E-state index contributed by atoms with van der Waals surface area (Å²) in [6, 6.07) is 2.14. The lowest BCUT2D eigenvalue weighted by Crippen LogP contribution is -2.59. The zero-order chi connectivity index (χ0) is 27.6. The number of aromatic nitrogens is 4. The molecule has 5 fully saturated rings. The topological polar surface area (TPSA) is 153 Å². The number of piperidine rings is 1. The van der Waals surface area contributed by atoms with Crippen LogP contribution in [0.15, 0.2) is 23.0 Å². The fourth-order valence-corrected chi connectivity index (χ4v) is 7.88. The van der Waals surface area contributed by atoms with Crippen LogP contribution in [0.1, 0.15) is 55.6 Å². The van der Waals surface area contributed by atoms with Crippen molar-refractivity contribution in [2.24, 2.45) is 17.8 Å². The van der Waals surface area contributed by atoms with E-state index in [1.165, 1.54) is 0 Å². The lowest BCUT2D eigenvalue weighted by atomic mass is 9.52. The van der Waals surface area contributed by atoms with Crippen molar-refractivity contribution in [3.05, 3.63) is 24.3 Å². The molecule has 0 aromatic carbocycles. The Hall–Kier alpha value is -3.67. The van der Waals surface area contributed by atoms with Gasteiger partial charge in [0.1, 0.15) is 5.65 Å². The van der Waals surface area contributed by atoms with Gasteiger partial charge in [-0.15, -0.1) is 0 Å². The van der Waals surface area contributed by atoms with Crippen LogP contribution in [-0.4, -0.2) is 91.8 Å². The molecule has 1 saturated heterocycles. The quantitative estimate of drug-likeness (QED) is 0.380. The number of aromatic amines is 1. The molecule has 3 aromatic rings. The summed E-state index contributed by atoms with van der Waals surface area (Å²) in [5, 5.41) is 22.8. The van der Waals surface area contributed by atoms with Crippen LogP contribution in [0.25, 0.3) is 22.5 Å². The molecule has 8 rings (SSSR count). The molecule has 5 aliphatic rings. The third kappa shape index (κ3) is 4.38. The number of H-pyrrole nitrogens is 1. The van der Waals surface area contributed by atoms with Crippen LogP contribution in [0.4, 0.5) is 10.5 Å². The van der Waals surface area contributed by atoms with Crippen LogP contribution in [0.3, 0.4) is 0 Å². The van der Waals surface area contributed by atoms with E-state index >= 15 is 0 Å². The Balaban J connectivity index is 1.09. The van der Waals surface area contributed by atoms with Crippen LogP contribution >= 0.6 is 0 Å². The molecule has 4 N–H and O–H groups in total. The summed E-state index contributed by atoms with van der Waals surface area (Å²) >= 11 is 0. The second-order valence-corrected chi connectivity index (χ2v) is 12.5. The minimum atomic E-state index is -0.508. The van der Waals surface area contributed by atoms with Crippen LogP contribution in [0, 0.1) is 17.8 Å².